The van der Waals surface area contributed by atoms with E-state index in [4.69, 9.17) is 0 Å². The Morgan fingerprint density at radius 1 is 1.00 bits per heavy atom. The van der Waals surface area contributed by atoms with Gasteiger partial charge in [0, 0.05) is 31.6 Å². The Labute approximate surface area is 197 Å². The van der Waals surface area contributed by atoms with Crippen molar-refractivity contribution in [2.45, 2.75) is 18.4 Å². The maximum absolute atomic E-state index is 12.8. The van der Waals surface area contributed by atoms with Gasteiger partial charge in [0.25, 0.3) is 5.91 Å². The Bertz CT molecular complexity index is 1490. The van der Waals surface area contributed by atoms with E-state index in [1.54, 1.807) is 66.2 Å². The summed E-state index contributed by atoms with van der Waals surface area (Å²) in [4.78, 5) is 12.7. The third kappa shape index (κ3) is 4.48. The van der Waals surface area contributed by atoms with Crippen molar-refractivity contribution in [2.75, 3.05) is 7.05 Å². The van der Waals surface area contributed by atoms with E-state index < -0.39 is 15.9 Å². The number of sulfonamides is 1. The van der Waals surface area contributed by atoms with Crippen LogP contribution in [0, 0.1) is 6.92 Å². The molecule has 3 aromatic carbocycles. The number of carbonyl (C=O) groups is 1. The number of benzene rings is 3. The second-order valence-electron chi connectivity index (χ2n) is 8.02. The lowest BCUT2D eigenvalue weighted by Gasteiger charge is -2.17. The number of aromatic nitrogens is 1. The molecule has 0 bridgehead atoms. The molecular formula is C25H24N4O4S. The third-order valence-corrected chi connectivity index (χ3v) is 7.44. The van der Waals surface area contributed by atoms with Crippen LogP contribution in [0.15, 0.2) is 87.9 Å². The van der Waals surface area contributed by atoms with E-state index in [-0.39, 0.29) is 23.0 Å². The summed E-state index contributed by atoms with van der Waals surface area (Å²) in [7, 11) is -0.418. The van der Waals surface area contributed by atoms with Crippen LogP contribution in [0.25, 0.3) is 10.9 Å². The summed E-state index contributed by atoms with van der Waals surface area (Å²) in [5.74, 6) is -0.648. The smallest absolute Gasteiger partial charge is 0.295 e. The van der Waals surface area contributed by atoms with Crippen LogP contribution < -0.4 is 0 Å². The lowest BCUT2D eigenvalue weighted by molar-refractivity contribution is 0.0995. The zero-order chi connectivity index (χ0) is 24.5. The van der Waals surface area contributed by atoms with Crippen LogP contribution in [0.3, 0.4) is 0 Å². The predicted octanol–water partition coefficient (Wildman–Crippen LogP) is 4.94. The average molecular weight is 477 g/mol. The molecule has 8 nitrogen and oxygen atoms in total. The maximum Gasteiger partial charge on any atom is 0.295 e. The van der Waals surface area contributed by atoms with Crippen molar-refractivity contribution in [3.05, 3.63) is 89.5 Å². The minimum absolute atomic E-state index is 0.0779. The zero-order valence-corrected chi connectivity index (χ0v) is 19.8. The first-order chi connectivity index (χ1) is 16.2. The summed E-state index contributed by atoms with van der Waals surface area (Å²) in [5, 5.41) is 18.8. The Balaban J connectivity index is 1.48. The van der Waals surface area contributed by atoms with Crippen LogP contribution in [0.1, 0.15) is 21.5 Å². The molecule has 0 radical (unpaired) electrons. The number of fused-ring (bicyclic) bond motifs is 1. The minimum Gasteiger partial charge on any atom is -0.493 e. The number of amides is 1. The molecule has 174 valence electrons. The first-order valence-corrected chi connectivity index (χ1v) is 12.0. The van der Waals surface area contributed by atoms with Gasteiger partial charge < -0.3 is 9.67 Å². The van der Waals surface area contributed by atoms with Crippen molar-refractivity contribution in [3.63, 3.8) is 0 Å². The highest BCUT2D eigenvalue weighted by atomic mass is 32.2. The summed E-state index contributed by atoms with van der Waals surface area (Å²) < 4.78 is 28.4. The summed E-state index contributed by atoms with van der Waals surface area (Å²) in [6.07, 6.45) is 0. The molecule has 1 N–H and O–H groups in total. The SMILES string of the molecule is Cc1ccc(S(=O)(=O)N(C)Cc2ccc(C(=O)N=Nc3c(O)n(C)c4ccccc34)cc2)cc1. The number of hydrogen-bond donors (Lipinski definition) is 1. The third-order valence-electron chi connectivity index (χ3n) is 5.63. The van der Waals surface area contributed by atoms with E-state index in [9.17, 15) is 18.3 Å². The van der Waals surface area contributed by atoms with Gasteiger partial charge in [-0.1, -0.05) is 48.0 Å². The van der Waals surface area contributed by atoms with E-state index in [0.717, 1.165) is 16.6 Å². The molecule has 4 aromatic rings. The van der Waals surface area contributed by atoms with E-state index in [0.29, 0.717) is 10.9 Å². The molecule has 1 amide bonds. The Hall–Kier alpha value is -3.82. The summed E-state index contributed by atoms with van der Waals surface area (Å²) in [5.41, 5.74) is 3.01. The van der Waals surface area contributed by atoms with Gasteiger partial charge in [0.05, 0.1) is 10.4 Å². The van der Waals surface area contributed by atoms with Gasteiger partial charge in [0.2, 0.25) is 15.9 Å². The standard InChI is InChI=1S/C25H24N4O4S/c1-17-8-14-20(15-9-17)34(32,33)28(2)16-18-10-12-19(13-11-18)24(30)27-26-23-21-6-4-5-7-22(21)29(3)25(23)31/h4-15,31H,16H2,1-3H3. The van der Waals surface area contributed by atoms with Crippen molar-refractivity contribution < 1.29 is 18.3 Å². The van der Waals surface area contributed by atoms with Crippen molar-refractivity contribution in [1.82, 2.24) is 8.87 Å². The average Bonchev–Trinajstić information content (AvgIpc) is 3.08. The summed E-state index contributed by atoms with van der Waals surface area (Å²) >= 11 is 0. The number of hydrogen-bond acceptors (Lipinski definition) is 5. The molecule has 0 spiro atoms. The highest BCUT2D eigenvalue weighted by Gasteiger charge is 2.21. The highest BCUT2D eigenvalue weighted by Crippen LogP contribution is 2.37. The van der Waals surface area contributed by atoms with Crippen LogP contribution in [-0.4, -0.2) is 35.4 Å². The highest BCUT2D eigenvalue weighted by molar-refractivity contribution is 7.89. The van der Waals surface area contributed by atoms with Gasteiger partial charge in [0.15, 0.2) is 5.69 Å². The first kappa shape index (κ1) is 23.3. The molecule has 0 aliphatic carbocycles. The topological polar surface area (TPSA) is 104 Å². The molecule has 0 fully saturated rings. The number of rotatable bonds is 6. The van der Waals surface area contributed by atoms with Crippen molar-refractivity contribution in [3.8, 4) is 5.88 Å². The molecule has 1 heterocycles. The lowest BCUT2D eigenvalue weighted by Crippen LogP contribution is -2.26. The lowest BCUT2D eigenvalue weighted by atomic mass is 10.1. The second kappa shape index (κ2) is 9.20. The van der Waals surface area contributed by atoms with Crippen molar-refractivity contribution >= 4 is 32.5 Å². The van der Waals surface area contributed by atoms with Crippen molar-refractivity contribution in [2.24, 2.45) is 17.3 Å². The minimum atomic E-state index is -3.63. The second-order valence-corrected chi connectivity index (χ2v) is 10.1. The number of aryl methyl sites for hydroxylation is 2. The number of carbonyl (C=O) groups excluding carboxylic acids is 1. The first-order valence-electron chi connectivity index (χ1n) is 10.5. The molecule has 0 saturated carbocycles. The number of azo groups is 1. The monoisotopic (exact) mass is 476 g/mol. The van der Waals surface area contributed by atoms with Crippen LogP contribution in [0.5, 0.6) is 5.88 Å². The predicted molar refractivity (Wildman–Crippen MR) is 130 cm³/mol. The molecule has 0 unspecified atom stereocenters. The molecule has 0 aliphatic heterocycles. The molecule has 0 aliphatic rings. The molecule has 34 heavy (non-hydrogen) atoms. The quantitative estimate of drug-likeness (QED) is 0.398. The van der Waals surface area contributed by atoms with E-state index >= 15 is 0 Å². The number of para-hydroxylation sites is 1. The fourth-order valence-corrected chi connectivity index (χ4v) is 4.76. The Kier molecular flexibility index (Phi) is 6.32. The van der Waals surface area contributed by atoms with Gasteiger partial charge in [-0.25, -0.2) is 8.42 Å². The maximum atomic E-state index is 12.8. The van der Waals surface area contributed by atoms with Crippen molar-refractivity contribution in [1.29, 1.82) is 0 Å². The molecule has 0 atom stereocenters. The van der Waals surface area contributed by atoms with Crippen LogP contribution in [0.2, 0.25) is 0 Å². The molecular weight excluding hydrogens is 452 g/mol. The van der Waals surface area contributed by atoms with Crippen LogP contribution >= 0.6 is 0 Å². The van der Waals surface area contributed by atoms with Crippen LogP contribution in [0.4, 0.5) is 5.69 Å². The summed E-state index contributed by atoms with van der Waals surface area (Å²) in [6, 6.07) is 20.5. The van der Waals surface area contributed by atoms with Gasteiger partial charge in [-0.15, -0.1) is 10.2 Å². The summed E-state index contributed by atoms with van der Waals surface area (Å²) in [6.45, 7) is 2.05. The van der Waals surface area contributed by atoms with Gasteiger partial charge in [-0.2, -0.15) is 4.31 Å². The zero-order valence-electron chi connectivity index (χ0n) is 19.0. The Morgan fingerprint density at radius 3 is 2.32 bits per heavy atom. The molecule has 4 rings (SSSR count). The molecule has 1 aromatic heterocycles. The van der Waals surface area contributed by atoms with Crippen LogP contribution in [-0.2, 0) is 23.6 Å². The van der Waals surface area contributed by atoms with Gasteiger partial charge >= 0.3 is 0 Å². The normalized spacial score (nSPS) is 12.1. The van der Waals surface area contributed by atoms with E-state index in [2.05, 4.69) is 10.2 Å². The van der Waals surface area contributed by atoms with Gasteiger partial charge in [-0.05, 0) is 42.8 Å². The largest absolute Gasteiger partial charge is 0.493 e. The number of aromatic hydroxyl groups is 1. The molecule has 9 heteroatoms. The fourth-order valence-electron chi connectivity index (χ4n) is 3.60. The molecule has 0 saturated heterocycles. The van der Waals surface area contributed by atoms with E-state index in [1.165, 1.54) is 11.4 Å². The Morgan fingerprint density at radius 2 is 1.65 bits per heavy atom. The van der Waals surface area contributed by atoms with Gasteiger partial charge in [0.1, 0.15) is 0 Å². The van der Waals surface area contributed by atoms with Gasteiger partial charge in [-0.3, -0.25) is 4.79 Å². The fraction of sp³-hybridized carbons (Fsp3) is 0.160. The number of nitrogens with zero attached hydrogens (tertiary/aromatic N) is 4. The van der Waals surface area contributed by atoms with E-state index in [1.807, 2.05) is 25.1 Å².